The highest BCUT2D eigenvalue weighted by Gasteiger charge is 2.29. The number of pyridine rings is 1. The largest absolute Gasteiger partial charge is 0.444 e. The molecule has 0 saturated carbocycles. The molecule has 0 bridgehead atoms. The highest BCUT2D eigenvalue weighted by Crippen LogP contribution is 2.27. The van der Waals surface area contributed by atoms with Gasteiger partial charge in [-0.3, -0.25) is 9.88 Å². The average Bonchev–Trinajstić information content (AvgIpc) is 3.32. The van der Waals surface area contributed by atoms with Crippen LogP contribution in [0.1, 0.15) is 76.2 Å². The molecule has 1 unspecified atom stereocenters. The molecule has 1 N–H and O–H groups in total. The lowest BCUT2D eigenvalue weighted by Crippen LogP contribution is -2.40. The zero-order chi connectivity index (χ0) is 31.5. The van der Waals surface area contributed by atoms with Crippen molar-refractivity contribution in [2.45, 2.75) is 97.7 Å². The van der Waals surface area contributed by atoms with Gasteiger partial charge in [0.15, 0.2) is 0 Å². The maximum atomic E-state index is 13.5. The van der Waals surface area contributed by atoms with E-state index in [1.807, 2.05) is 90.2 Å². The molecule has 44 heavy (non-hydrogen) atoms. The Morgan fingerprint density at radius 3 is 2.34 bits per heavy atom. The first-order chi connectivity index (χ1) is 20.8. The van der Waals surface area contributed by atoms with Gasteiger partial charge in [-0.15, -0.1) is 0 Å². The summed E-state index contributed by atoms with van der Waals surface area (Å²) in [5, 5.41) is 2.82. The van der Waals surface area contributed by atoms with Crippen LogP contribution in [0.15, 0.2) is 66.9 Å². The lowest BCUT2D eigenvalue weighted by molar-refractivity contribution is 0.0515. The van der Waals surface area contributed by atoms with Crippen LogP contribution in [-0.4, -0.2) is 48.9 Å². The number of hydrogen-bond donors (Lipinski definition) is 1. The maximum absolute atomic E-state index is 13.5. The predicted molar refractivity (Wildman–Crippen MR) is 170 cm³/mol. The molecule has 232 valence electrons. The number of benzene rings is 2. The summed E-state index contributed by atoms with van der Waals surface area (Å²) in [4.78, 5) is 37.6. The zero-order valence-corrected chi connectivity index (χ0v) is 26.6. The molecular formula is C35H43N5O4. The van der Waals surface area contributed by atoms with E-state index in [-0.39, 0.29) is 6.04 Å². The zero-order valence-electron chi connectivity index (χ0n) is 26.6. The van der Waals surface area contributed by atoms with Crippen molar-refractivity contribution in [2.24, 2.45) is 0 Å². The number of aromatic nitrogens is 3. The fraction of sp³-hybridized carbons (Fsp3) is 0.429. The molecule has 0 aliphatic heterocycles. The van der Waals surface area contributed by atoms with Gasteiger partial charge in [-0.1, -0.05) is 42.5 Å². The molecular weight excluding hydrogens is 554 g/mol. The standard InChI is InChI=1S/C35H43N5O4/c1-34(2,3)43-32(41)37-21-24-13-15-25(16-14-24)22-39(27-18-17-26-10-9-19-36-29(26)20-27)23-31-38-28-11-7-8-12-30(28)40(31)33(42)44-35(4,5)6/h7-16,19,27H,17-18,20-23H2,1-6H3,(H,37,41). The van der Waals surface area contributed by atoms with Crippen molar-refractivity contribution in [3.05, 3.63) is 95.1 Å². The van der Waals surface area contributed by atoms with E-state index in [1.165, 1.54) is 5.56 Å². The van der Waals surface area contributed by atoms with Crippen LogP contribution < -0.4 is 5.32 Å². The third-order valence-electron chi connectivity index (χ3n) is 7.47. The van der Waals surface area contributed by atoms with Gasteiger partial charge in [0.2, 0.25) is 0 Å². The second-order valence-corrected chi connectivity index (χ2v) is 13.4. The molecule has 1 aliphatic rings. The van der Waals surface area contributed by atoms with Crippen molar-refractivity contribution in [1.82, 2.24) is 24.8 Å². The number of alkyl carbamates (subject to hydrolysis) is 1. The first-order valence-electron chi connectivity index (χ1n) is 15.3. The maximum Gasteiger partial charge on any atom is 0.420 e. The average molecular weight is 598 g/mol. The Hall–Kier alpha value is -4.24. The van der Waals surface area contributed by atoms with Crippen LogP contribution in [0.3, 0.4) is 0 Å². The van der Waals surface area contributed by atoms with Crippen molar-refractivity contribution in [1.29, 1.82) is 0 Å². The lowest BCUT2D eigenvalue weighted by atomic mass is 9.90. The van der Waals surface area contributed by atoms with Gasteiger partial charge in [0.1, 0.15) is 17.0 Å². The summed E-state index contributed by atoms with van der Waals surface area (Å²) in [7, 11) is 0. The number of aryl methyl sites for hydroxylation is 1. The molecule has 2 aromatic carbocycles. The molecule has 2 aromatic heterocycles. The number of para-hydroxylation sites is 2. The fourth-order valence-corrected chi connectivity index (χ4v) is 5.52. The van der Waals surface area contributed by atoms with Gasteiger partial charge < -0.3 is 14.8 Å². The summed E-state index contributed by atoms with van der Waals surface area (Å²) < 4.78 is 12.8. The summed E-state index contributed by atoms with van der Waals surface area (Å²) in [6, 6.07) is 20.3. The first-order valence-corrected chi connectivity index (χ1v) is 15.3. The van der Waals surface area contributed by atoms with E-state index in [1.54, 1.807) is 4.57 Å². The van der Waals surface area contributed by atoms with Crippen LogP contribution in [0.5, 0.6) is 0 Å². The highest BCUT2D eigenvalue weighted by molar-refractivity contribution is 5.87. The smallest absolute Gasteiger partial charge is 0.420 e. The van der Waals surface area contributed by atoms with Crippen molar-refractivity contribution < 1.29 is 19.1 Å². The summed E-state index contributed by atoms with van der Waals surface area (Å²) in [6.45, 7) is 12.6. The summed E-state index contributed by atoms with van der Waals surface area (Å²) in [6.07, 6.45) is 3.73. The Bertz CT molecular complexity index is 1610. The normalized spacial score (nSPS) is 15.2. The number of ether oxygens (including phenoxy) is 2. The molecule has 0 fully saturated rings. The molecule has 9 heteroatoms. The number of rotatable bonds is 7. The number of fused-ring (bicyclic) bond motifs is 2. The molecule has 9 nitrogen and oxygen atoms in total. The van der Waals surface area contributed by atoms with Crippen molar-refractivity contribution in [2.75, 3.05) is 0 Å². The summed E-state index contributed by atoms with van der Waals surface area (Å²) >= 11 is 0. The summed E-state index contributed by atoms with van der Waals surface area (Å²) in [5.41, 5.74) is 4.82. The molecule has 0 radical (unpaired) electrons. The number of nitrogens with zero attached hydrogens (tertiary/aromatic N) is 4. The Labute approximate surface area is 259 Å². The number of amides is 1. The topological polar surface area (TPSA) is 98.6 Å². The van der Waals surface area contributed by atoms with E-state index in [9.17, 15) is 9.59 Å². The molecule has 2 heterocycles. The Morgan fingerprint density at radius 1 is 0.909 bits per heavy atom. The Morgan fingerprint density at radius 2 is 1.61 bits per heavy atom. The van der Waals surface area contributed by atoms with Crippen molar-refractivity contribution in [3.8, 4) is 0 Å². The fourth-order valence-electron chi connectivity index (χ4n) is 5.52. The van der Waals surface area contributed by atoms with Gasteiger partial charge in [0.05, 0.1) is 17.6 Å². The highest BCUT2D eigenvalue weighted by atomic mass is 16.6. The van der Waals surface area contributed by atoms with Gasteiger partial charge in [0, 0.05) is 37.4 Å². The Balaban J connectivity index is 1.40. The van der Waals surface area contributed by atoms with Crippen LogP contribution in [0.4, 0.5) is 9.59 Å². The van der Waals surface area contributed by atoms with E-state index in [2.05, 4.69) is 33.4 Å². The van der Waals surface area contributed by atoms with Gasteiger partial charge in [-0.2, -0.15) is 0 Å². The quantitative estimate of drug-likeness (QED) is 0.250. The van der Waals surface area contributed by atoms with Gasteiger partial charge >= 0.3 is 12.2 Å². The monoisotopic (exact) mass is 597 g/mol. The van der Waals surface area contributed by atoms with E-state index < -0.39 is 23.4 Å². The minimum atomic E-state index is -0.641. The van der Waals surface area contributed by atoms with Gasteiger partial charge in [-0.05, 0) is 89.3 Å². The lowest BCUT2D eigenvalue weighted by Gasteiger charge is -2.34. The second kappa shape index (κ2) is 12.8. The van der Waals surface area contributed by atoms with Gasteiger partial charge in [0.25, 0.3) is 0 Å². The van der Waals surface area contributed by atoms with Crippen LogP contribution >= 0.6 is 0 Å². The number of carbonyl (C=O) groups excluding carboxylic acids is 2. The predicted octanol–water partition coefficient (Wildman–Crippen LogP) is 6.80. The molecule has 0 spiro atoms. The number of imidazole rings is 1. The minimum Gasteiger partial charge on any atom is -0.444 e. The first kappa shape index (κ1) is 31.2. The van der Waals surface area contributed by atoms with Crippen molar-refractivity contribution in [3.63, 3.8) is 0 Å². The molecule has 5 rings (SSSR count). The Kier molecular flexibility index (Phi) is 9.06. The van der Waals surface area contributed by atoms with Crippen LogP contribution in [0.2, 0.25) is 0 Å². The SMILES string of the molecule is CC(C)(C)OC(=O)NCc1ccc(CN(Cc2nc3ccccc3n2C(=O)OC(C)(C)C)C2CCc3cccnc3C2)cc1. The number of hydrogen-bond acceptors (Lipinski definition) is 7. The number of carbonyl (C=O) groups is 2. The van der Waals surface area contributed by atoms with E-state index >= 15 is 0 Å². The van der Waals surface area contributed by atoms with E-state index in [0.29, 0.717) is 25.5 Å². The molecule has 1 atom stereocenters. The van der Waals surface area contributed by atoms with Crippen LogP contribution in [0, 0.1) is 0 Å². The second-order valence-electron chi connectivity index (χ2n) is 13.4. The van der Waals surface area contributed by atoms with Crippen LogP contribution in [0.25, 0.3) is 11.0 Å². The summed E-state index contributed by atoms with van der Waals surface area (Å²) in [5.74, 6) is 0.644. The number of nitrogens with one attached hydrogen (secondary N) is 1. The molecule has 1 aliphatic carbocycles. The molecule has 1 amide bonds. The third-order valence-corrected chi connectivity index (χ3v) is 7.47. The van der Waals surface area contributed by atoms with E-state index in [4.69, 9.17) is 14.5 Å². The van der Waals surface area contributed by atoms with Crippen LogP contribution in [-0.2, 0) is 41.9 Å². The van der Waals surface area contributed by atoms with Crippen molar-refractivity contribution >= 4 is 23.2 Å². The minimum absolute atomic E-state index is 0.206. The molecule has 0 saturated heterocycles. The van der Waals surface area contributed by atoms with Gasteiger partial charge in [-0.25, -0.2) is 19.1 Å². The molecule has 4 aromatic rings. The van der Waals surface area contributed by atoms with E-state index in [0.717, 1.165) is 47.1 Å². The third kappa shape index (κ3) is 8.02.